The summed E-state index contributed by atoms with van der Waals surface area (Å²) >= 11 is 0. The molecule has 6 heteroatoms. The van der Waals surface area contributed by atoms with E-state index in [0.717, 1.165) is 35.9 Å². The average molecular weight is 378 g/mol. The summed E-state index contributed by atoms with van der Waals surface area (Å²) in [4.78, 5) is 0.223. The Morgan fingerprint density at radius 2 is 1.74 bits per heavy atom. The van der Waals surface area contributed by atoms with Gasteiger partial charge in [0.1, 0.15) is 11.2 Å². The molecule has 0 saturated heterocycles. The van der Waals surface area contributed by atoms with E-state index in [1.165, 1.54) is 11.1 Å². The molecule has 0 unspecified atom stereocenters. The Labute approximate surface area is 157 Å². The molecule has 0 aliphatic carbocycles. The van der Waals surface area contributed by atoms with Gasteiger partial charge in [-0.15, -0.1) is 0 Å². The predicted octanol–water partition coefficient (Wildman–Crippen LogP) is 4.03. The van der Waals surface area contributed by atoms with Crippen molar-refractivity contribution in [1.29, 1.82) is 0 Å². The second-order valence-electron chi connectivity index (χ2n) is 6.77. The van der Waals surface area contributed by atoms with Crippen LogP contribution >= 0.6 is 0 Å². The van der Waals surface area contributed by atoms with Gasteiger partial charge in [0.15, 0.2) is 0 Å². The molecule has 5 rings (SSSR count). The van der Waals surface area contributed by atoms with E-state index >= 15 is 0 Å². The molecular formula is C21H18N2O3S. The van der Waals surface area contributed by atoms with E-state index < -0.39 is 10.0 Å². The maximum absolute atomic E-state index is 12.9. The molecule has 2 N–H and O–H groups in total. The highest BCUT2D eigenvalue weighted by molar-refractivity contribution is 7.92. The molecular weight excluding hydrogens is 360 g/mol. The van der Waals surface area contributed by atoms with Gasteiger partial charge in [-0.3, -0.25) is 4.72 Å². The van der Waals surface area contributed by atoms with E-state index in [1.54, 1.807) is 18.2 Å². The lowest BCUT2D eigenvalue weighted by atomic mass is 10.0. The van der Waals surface area contributed by atoms with Crippen molar-refractivity contribution in [2.45, 2.75) is 17.9 Å². The van der Waals surface area contributed by atoms with Gasteiger partial charge in [-0.1, -0.05) is 24.3 Å². The van der Waals surface area contributed by atoms with Gasteiger partial charge in [0.2, 0.25) is 0 Å². The number of nitrogens with one attached hydrogen (secondary N) is 2. The number of rotatable bonds is 3. The minimum atomic E-state index is -3.69. The van der Waals surface area contributed by atoms with Gasteiger partial charge < -0.3 is 9.73 Å². The fourth-order valence-electron chi connectivity index (χ4n) is 3.63. The monoisotopic (exact) mass is 378 g/mol. The number of hydrogen-bond donors (Lipinski definition) is 2. The van der Waals surface area contributed by atoms with Crippen LogP contribution in [0.4, 0.5) is 5.69 Å². The minimum absolute atomic E-state index is 0.223. The SMILES string of the molecule is O=S(=O)(Nc1ccc2c(c1)CCNC2)c1ccc2oc3ccccc3c2c1. The van der Waals surface area contributed by atoms with Crippen molar-refractivity contribution >= 4 is 37.6 Å². The number of sulfonamides is 1. The molecule has 0 bridgehead atoms. The highest BCUT2D eigenvalue weighted by Crippen LogP contribution is 2.31. The zero-order valence-corrected chi connectivity index (χ0v) is 15.3. The molecule has 0 atom stereocenters. The summed E-state index contributed by atoms with van der Waals surface area (Å²) in [6.07, 6.45) is 0.901. The number of furan rings is 1. The smallest absolute Gasteiger partial charge is 0.261 e. The highest BCUT2D eigenvalue weighted by atomic mass is 32.2. The van der Waals surface area contributed by atoms with Gasteiger partial charge in [-0.25, -0.2) is 8.42 Å². The molecule has 4 aromatic rings. The standard InChI is InChI=1S/C21H18N2O3S/c24-27(25,23-16-6-5-15-13-22-10-9-14(15)11-16)17-7-8-21-19(12-17)18-3-1-2-4-20(18)26-21/h1-8,11-12,22-23H,9-10,13H2. The van der Waals surface area contributed by atoms with Crippen LogP contribution in [0.5, 0.6) is 0 Å². The van der Waals surface area contributed by atoms with Crippen molar-refractivity contribution in [3.8, 4) is 0 Å². The molecule has 3 aromatic carbocycles. The van der Waals surface area contributed by atoms with Gasteiger partial charge in [-0.2, -0.15) is 0 Å². The van der Waals surface area contributed by atoms with E-state index in [-0.39, 0.29) is 4.90 Å². The molecule has 0 spiro atoms. The molecule has 2 heterocycles. The summed E-state index contributed by atoms with van der Waals surface area (Å²) in [6, 6.07) is 18.3. The molecule has 0 fully saturated rings. The predicted molar refractivity (Wildman–Crippen MR) is 106 cm³/mol. The second kappa shape index (κ2) is 6.11. The van der Waals surface area contributed by atoms with Crippen molar-refractivity contribution in [3.05, 3.63) is 71.8 Å². The van der Waals surface area contributed by atoms with Crippen LogP contribution in [0.1, 0.15) is 11.1 Å². The molecule has 1 aliphatic rings. The van der Waals surface area contributed by atoms with Gasteiger partial charge in [-0.05, 0) is 60.5 Å². The Balaban J connectivity index is 1.53. The molecule has 136 valence electrons. The lowest BCUT2D eigenvalue weighted by Crippen LogP contribution is -2.23. The quantitative estimate of drug-likeness (QED) is 0.565. The minimum Gasteiger partial charge on any atom is -0.456 e. The number of para-hydroxylation sites is 1. The first kappa shape index (κ1) is 16.4. The van der Waals surface area contributed by atoms with Crippen molar-refractivity contribution in [2.75, 3.05) is 11.3 Å². The largest absolute Gasteiger partial charge is 0.456 e. The van der Waals surface area contributed by atoms with E-state index in [4.69, 9.17) is 4.42 Å². The number of anilines is 1. The number of fused-ring (bicyclic) bond motifs is 4. The van der Waals surface area contributed by atoms with Crippen LogP contribution in [0.15, 0.2) is 70.0 Å². The van der Waals surface area contributed by atoms with Crippen molar-refractivity contribution in [3.63, 3.8) is 0 Å². The maximum Gasteiger partial charge on any atom is 0.261 e. The average Bonchev–Trinajstić information content (AvgIpc) is 3.05. The lowest BCUT2D eigenvalue weighted by Gasteiger charge is -2.18. The highest BCUT2D eigenvalue weighted by Gasteiger charge is 2.18. The normalized spacial score (nSPS) is 14.4. The third kappa shape index (κ3) is 2.87. The van der Waals surface area contributed by atoms with Crippen LogP contribution in [0.3, 0.4) is 0 Å². The second-order valence-corrected chi connectivity index (χ2v) is 8.45. The van der Waals surface area contributed by atoms with Crippen LogP contribution in [0.25, 0.3) is 21.9 Å². The zero-order chi connectivity index (χ0) is 18.4. The Morgan fingerprint density at radius 3 is 2.67 bits per heavy atom. The van der Waals surface area contributed by atoms with E-state index in [0.29, 0.717) is 11.3 Å². The fourth-order valence-corrected chi connectivity index (χ4v) is 4.70. The molecule has 0 amide bonds. The first-order valence-electron chi connectivity index (χ1n) is 8.87. The summed E-state index contributed by atoms with van der Waals surface area (Å²) in [6.45, 7) is 1.74. The summed E-state index contributed by atoms with van der Waals surface area (Å²) < 4.78 is 34.3. The van der Waals surface area contributed by atoms with E-state index in [1.807, 2.05) is 42.5 Å². The number of hydrogen-bond acceptors (Lipinski definition) is 4. The third-order valence-corrected chi connectivity index (χ3v) is 6.38. The zero-order valence-electron chi connectivity index (χ0n) is 14.5. The topological polar surface area (TPSA) is 71.3 Å². The first-order valence-corrected chi connectivity index (χ1v) is 10.4. The van der Waals surface area contributed by atoms with Crippen LogP contribution in [0, 0.1) is 0 Å². The van der Waals surface area contributed by atoms with Gasteiger partial charge in [0.05, 0.1) is 4.90 Å². The Morgan fingerprint density at radius 1 is 0.889 bits per heavy atom. The summed E-state index contributed by atoms with van der Waals surface area (Å²) in [5.74, 6) is 0. The molecule has 1 aliphatic heterocycles. The first-order chi connectivity index (χ1) is 13.1. The Kier molecular flexibility index (Phi) is 3.70. The summed E-state index contributed by atoms with van der Waals surface area (Å²) in [5.41, 5.74) is 4.42. The van der Waals surface area contributed by atoms with E-state index in [2.05, 4.69) is 10.0 Å². The maximum atomic E-state index is 12.9. The van der Waals surface area contributed by atoms with Crippen LogP contribution < -0.4 is 10.0 Å². The third-order valence-electron chi connectivity index (χ3n) is 5.00. The van der Waals surface area contributed by atoms with Crippen molar-refractivity contribution in [2.24, 2.45) is 0 Å². The summed E-state index contributed by atoms with van der Waals surface area (Å²) in [5, 5.41) is 5.02. The van der Waals surface area contributed by atoms with E-state index in [9.17, 15) is 8.42 Å². The number of benzene rings is 3. The molecule has 0 radical (unpaired) electrons. The van der Waals surface area contributed by atoms with Crippen molar-refractivity contribution < 1.29 is 12.8 Å². The molecule has 5 nitrogen and oxygen atoms in total. The fraction of sp³-hybridized carbons (Fsp3) is 0.143. The van der Waals surface area contributed by atoms with Crippen LogP contribution in [-0.2, 0) is 23.0 Å². The molecule has 27 heavy (non-hydrogen) atoms. The molecule has 0 saturated carbocycles. The van der Waals surface area contributed by atoms with Gasteiger partial charge in [0, 0.05) is 23.0 Å². The lowest BCUT2D eigenvalue weighted by molar-refractivity contribution is 0.601. The van der Waals surface area contributed by atoms with Crippen LogP contribution in [-0.4, -0.2) is 15.0 Å². The van der Waals surface area contributed by atoms with Crippen molar-refractivity contribution in [1.82, 2.24) is 5.32 Å². The van der Waals surface area contributed by atoms with Gasteiger partial charge >= 0.3 is 0 Å². The van der Waals surface area contributed by atoms with Crippen LogP contribution in [0.2, 0.25) is 0 Å². The Bertz CT molecular complexity index is 1280. The van der Waals surface area contributed by atoms with Gasteiger partial charge in [0.25, 0.3) is 10.0 Å². The summed E-state index contributed by atoms with van der Waals surface area (Å²) in [7, 11) is -3.69. The Hall–Kier alpha value is -2.83. The molecule has 1 aromatic heterocycles.